The number of anilines is 2. The van der Waals surface area contributed by atoms with Crippen LogP contribution in [-0.4, -0.2) is 55.3 Å². The maximum atomic E-state index is 13.1. The van der Waals surface area contributed by atoms with E-state index in [1.54, 1.807) is 17.0 Å². The van der Waals surface area contributed by atoms with Crippen molar-refractivity contribution < 1.29 is 23.5 Å². The van der Waals surface area contributed by atoms with Crippen LogP contribution in [0.5, 0.6) is 5.75 Å². The molecule has 2 heterocycles. The Morgan fingerprint density at radius 2 is 1.81 bits per heavy atom. The molecule has 0 aliphatic carbocycles. The number of carbonyl (C=O) groups excluding carboxylic acids is 2. The van der Waals surface area contributed by atoms with Gasteiger partial charge < -0.3 is 14.8 Å². The summed E-state index contributed by atoms with van der Waals surface area (Å²) in [5.41, 5.74) is 1.39. The van der Waals surface area contributed by atoms with Gasteiger partial charge in [0.25, 0.3) is 0 Å². The highest BCUT2D eigenvalue weighted by molar-refractivity contribution is 5.89. The molecule has 0 aromatic heterocycles. The van der Waals surface area contributed by atoms with E-state index in [0.717, 1.165) is 37.4 Å². The van der Waals surface area contributed by atoms with Crippen molar-refractivity contribution >= 4 is 23.4 Å². The zero-order valence-corrected chi connectivity index (χ0v) is 17.4. The number of nitrogens with one attached hydrogen (secondary N) is 1. The van der Waals surface area contributed by atoms with Crippen LogP contribution in [0.25, 0.3) is 0 Å². The van der Waals surface area contributed by atoms with Crippen molar-refractivity contribution in [2.75, 3.05) is 36.4 Å². The number of ether oxygens (including phenoxy) is 2. The van der Waals surface area contributed by atoms with Gasteiger partial charge in [0.2, 0.25) is 5.91 Å². The summed E-state index contributed by atoms with van der Waals surface area (Å²) in [6.45, 7) is 4.33. The van der Waals surface area contributed by atoms with Gasteiger partial charge in [-0.25, -0.2) is 9.18 Å². The molecule has 164 valence electrons. The SMILES string of the molecule is CC(=O)Nc1ccc(OC2CCN(C[C@@H]3CN(c4ccc(F)cc4)C(=O)O3)CC2)cc1. The first-order valence-electron chi connectivity index (χ1n) is 10.5. The average molecular weight is 427 g/mol. The van der Waals surface area contributed by atoms with Gasteiger partial charge in [-0.1, -0.05) is 0 Å². The lowest BCUT2D eigenvalue weighted by atomic mass is 10.1. The number of piperidine rings is 1. The number of benzene rings is 2. The Morgan fingerprint density at radius 3 is 2.45 bits per heavy atom. The van der Waals surface area contributed by atoms with Crippen LogP contribution in [0.2, 0.25) is 0 Å². The third kappa shape index (κ3) is 5.52. The maximum absolute atomic E-state index is 13.1. The molecule has 2 fully saturated rings. The molecule has 0 radical (unpaired) electrons. The Hall–Kier alpha value is -3.13. The molecule has 31 heavy (non-hydrogen) atoms. The van der Waals surface area contributed by atoms with Crippen LogP contribution in [0.4, 0.5) is 20.6 Å². The molecule has 2 saturated heterocycles. The number of rotatable bonds is 6. The summed E-state index contributed by atoms with van der Waals surface area (Å²) in [4.78, 5) is 27.1. The van der Waals surface area contributed by atoms with Crippen molar-refractivity contribution in [2.45, 2.75) is 32.0 Å². The first-order chi connectivity index (χ1) is 15.0. The average Bonchev–Trinajstić information content (AvgIpc) is 3.11. The maximum Gasteiger partial charge on any atom is 0.414 e. The lowest BCUT2D eigenvalue weighted by molar-refractivity contribution is -0.114. The van der Waals surface area contributed by atoms with Crippen LogP contribution in [0.3, 0.4) is 0 Å². The lowest BCUT2D eigenvalue weighted by Crippen LogP contribution is -2.42. The van der Waals surface area contributed by atoms with E-state index >= 15 is 0 Å². The summed E-state index contributed by atoms with van der Waals surface area (Å²) in [6.07, 6.45) is 1.30. The van der Waals surface area contributed by atoms with Gasteiger partial charge in [0.05, 0.1) is 6.54 Å². The second-order valence-corrected chi connectivity index (χ2v) is 7.92. The van der Waals surface area contributed by atoms with Crippen molar-refractivity contribution in [1.82, 2.24) is 4.90 Å². The molecular weight excluding hydrogens is 401 g/mol. The fraction of sp³-hybridized carbons (Fsp3) is 0.391. The Morgan fingerprint density at radius 1 is 1.13 bits per heavy atom. The smallest absolute Gasteiger partial charge is 0.414 e. The molecule has 2 aromatic rings. The number of amides is 2. The molecule has 2 aromatic carbocycles. The second-order valence-electron chi connectivity index (χ2n) is 7.92. The third-order valence-electron chi connectivity index (χ3n) is 5.49. The van der Waals surface area contributed by atoms with Gasteiger partial charge in [0, 0.05) is 37.9 Å². The molecule has 0 spiro atoms. The number of carbonyl (C=O) groups is 2. The fourth-order valence-electron chi connectivity index (χ4n) is 3.96. The van der Waals surface area contributed by atoms with Crippen molar-refractivity contribution in [1.29, 1.82) is 0 Å². The minimum Gasteiger partial charge on any atom is -0.490 e. The standard InChI is InChI=1S/C23H26FN3O4/c1-16(28)25-18-4-8-20(9-5-18)30-21-10-12-26(13-11-21)14-22-15-27(23(29)31-22)19-6-2-17(24)3-7-19/h2-9,21-22H,10-15H2,1H3,(H,25,28)/t22-/m1/s1. The highest BCUT2D eigenvalue weighted by Crippen LogP contribution is 2.24. The zero-order chi connectivity index (χ0) is 21.8. The van der Waals surface area contributed by atoms with Crippen LogP contribution in [0.1, 0.15) is 19.8 Å². The van der Waals surface area contributed by atoms with Crippen LogP contribution in [0.15, 0.2) is 48.5 Å². The van der Waals surface area contributed by atoms with E-state index in [2.05, 4.69) is 10.2 Å². The molecule has 4 rings (SSSR count). The van der Waals surface area contributed by atoms with Crippen molar-refractivity contribution in [3.05, 3.63) is 54.3 Å². The van der Waals surface area contributed by atoms with Gasteiger partial charge in [-0.3, -0.25) is 14.6 Å². The van der Waals surface area contributed by atoms with Crippen LogP contribution >= 0.6 is 0 Å². The Balaban J connectivity index is 1.23. The predicted molar refractivity (Wildman–Crippen MR) is 115 cm³/mol. The first-order valence-corrected chi connectivity index (χ1v) is 10.5. The topological polar surface area (TPSA) is 71.1 Å². The van der Waals surface area contributed by atoms with E-state index in [9.17, 15) is 14.0 Å². The van der Waals surface area contributed by atoms with Crippen LogP contribution in [-0.2, 0) is 9.53 Å². The summed E-state index contributed by atoms with van der Waals surface area (Å²) in [6, 6.07) is 13.2. The third-order valence-corrected chi connectivity index (χ3v) is 5.49. The van der Waals surface area contributed by atoms with E-state index in [4.69, 9.17) is 9.47 Å². The van der Waals surface area contributed by atoms with E-state index in [1.807, 2.05) is 24.3 Å². The molecule has 1 atom stereocenters. The minimum absolute atomic E-state index is 0.102. The Labute approximate surface area is 180 Å². The molecule has 2 amide bonds. The number of nitrogens with zero attached hydrogens (tertiary/aromatic N) is 2. The molecule has 8 heteroatoms. The summed E-state index contributed by atoms with van der Waals surface area (Å²) < 4.78 is 24.7. The van der Waals surface area contributed by atoms with E-state index in [1.165, 1.54) is 19.1 Å². The molecule has 0 unspecified atom stereocenters. The van der Waals surface area contributed by atoms with Crippen LogP contribution < -0.4 is 15.0 Å². The van der Waals surface area contributed by atoms with Crippen molar-refractivity contribution in [2.24, 2.45) is 0 Å². The van der Waals surface area contributed by atoms with Gasteiger partial charge in [0.15, 0.2) is 0 Å². The number of halogens is 1. The summed E-state index contributed by atoms with van der Waals surface area (Å²) in [5, 5.41) is 2.74. The van der Waals surface area contributed by atoms with E-state index in [0.29, 0.717) is 18.8 Å². The van der Waals surface area contributed by atoms with Crippen LogP contribution in [0, 0.1) is 5.82 Å². The minimum atomic E-state index is -0.391. The van der Waals surface area contributed by atoms with Crippen molar-refractivity contribution in [3.8, 4) is 5.75 Å². The second kappa shape index (κ2) is 9.34. The fourth-order valence-corrected chi connectivity index (χ4v) is 3.96. The van der Waals surface area contributed by atoms with Gasteiger partial charge in [-0.05, 0) is 61.4 Å². The summed E-state index contributed by atoms with van der Waals surface area (Å²) in [7, 11) is 0. The number of hydrogen-bond acceptors (Lipinski definition) is 5. The van der Waals surface area contributed by atoms with E-state index < -0.39 is 6.09 Å². The van der Waals surface area contributed by atoms with Gasteiger partial charge in [-0.15, -0.1) is 0 Å². The van der Waals surface area contributed by atoms with E-state index in [-0.39, 0.29) is 23.9 Å². The lowest BCUT2D eigenvalue weighted by Gasteiger charge is -2.33. The van der Waals surface area contributed by atoms with Gasteiger partial charge in [0.1, 0.15) is 23.8 Å². The van der Waals surface area contributed by atoms with Gasteiger partial charge in [-0.2, -0.15) is 0 Å². The first kappa shape index (κ1) is 21.1. The molecule has 2 aliphatic rings. The number of cyclic esters (lactones) is 1. The van der Waals surface area contributed by atoms with Crippen molar-refractivity contribution in [3.63, 3.8) is 0 Å². The highest BCUT2D eigenvalue weighted by Gasteiger charge is 2.34. The normalized spacial score (nSPS) is 19.9. The Kier molecular flexibility index (Phi) is 6.36. The molecular formula is C23H26FN3O4. The molecule has 7 nitrogen and oxygen atoms in total. The molecule has 1 N–H and O–H groups in total. The molecule has 0 saturated carbocycles. The monoisotopic (exact) mass is 427 g/mol. The zero-order valence-electron chi connectivity index (χ0n) is 17.4. The van der Waals surface area contributed by atoms with Gasteiger partial charge >= 0.3 is 6.09 Å². The summed E-state index contributed by atoms with van der Waals surface area (Å²) >= 11 is 0. The highest BCUT2D eigenvalue weighted by atomic mass is 19.1. The molecule has 2 aliphatic heterocycles. The largest absolute Gasteiger partial charge is 0.490 e. The number of hydrogen-bond donors (Lipinski definition) is 1. The number of likely N-dealkylation sites (tertiary alicyclic amines) is 1. The Bertz CT molecular complexity index is 911. The quantitative estimate of drug-likeness (QED) is 0.762. The molecule has 0 bridgehead atoms. The predicted octanol–water partition coefficient (Wildman–Crippen LogP) is 3.65. The summed E-state index contributed by atoms with van der Waals surface area (Å²) in [5.74, 6) is 0.351.